The predicted octanol–water partition coefficient (Wildman–Crippen LogP) is 4.90. The summed E-state index contributed by atoms with van der Waals surface area (Å²) in [7, 11) is 3.39. The van der Waals surface area contributed by atoms with E-state index in [1.54, 1.807) is 24.1 Å². The molecule has 0 N–H and O–H groups in total. The molecule has 138 valence electrons. The predicted molar refractivity (Wildman–Crippen MR) is 103 cm³/mol. The van der Waals surface area contributed by atoms with Gasteiger partial charge in [-0.3, -0.25) is 4.79 Å². The minimum absolute atomic E-state index is 0.0411. The first-order valence-corrected chi connectivity index (χ1v) is 9.19. The van der Waals surface area contributed by atoms with Crippen LogP contribution in [0.25, 0.3) is 0 Å². The van der Waals surface area contributed by atoms with E-state index in [-0.39, 0.29) is 18.1 Å². The molecule has 2 aromatic rings. The molecule has 0 saturated carbocycles. The summed E-state index contributed by atoms with van der Waals surface area (Å²) in [4.78, 5) is 14.9. The number of carbonyl (C=O) groups excluding carboxylic acids is 1. The van der Waals surface area contributed by atoms with Crippen molar-refractivity contribution in [1.82, 2.24) is 4.90 Å². The Hall–Kier alpha value is -2.20. The number of rotatable bonds is 5. The molecular weight excluding hydrogens is 350 g/mol. The molecular formula is C21H24ClNO3. The highest BCUT2D eigenvalue weighted by molar-refractivity contribution is 6.32. The highest BCUT2D eigenvalue weighted by atomic mass is 35.5. The number of benzene rings is 2. The Morgan fingerprint density at radius 2 is 2.00 bits per heavy atom. The molecule has 0 bridgehead atoms. The lowest BCUT2D eigenvalue weighted by molar-refractivity contribution is 0.0730. The zero-order valence-electron chi connectivity index (χ0n) is 15.6. The Labute approximate surface area is 159 Å². The van der Waals surface area contributed by atoms with E-state index in [0.29, 0.717) is 22.1 Å². The molecule has 0 aliphatic heterocycles. The summed E-state index contributed by atoms with van der Waals surface area (Å²) in [6.45, 7) is 3.83. The van der Waals surface area contributed by atoms with Crippen LogP contribution >= 0.6 is 11.6 Å². The van der Waals surface area contributed by atoms with Crippen LogP contribution in [0, 0.1) is 0 Å². The van der Waals surface area contributed by atoms with Crippen molar-refractivity contribution >= 4 is 17.5 Å². The van der Waals surface area contributed by atoms with Crippen LogP contribution in [0.2, 0.25) is 5.02 Å². The number of ether oxygens (including phenoxy) is 2. The first-order valence-electron chi connectivity index (χ1n) is 8.81. The number of amides is 1. The molecule has 2 aromatic carbocycles. The van der Waals surface area contributed by atoms with Crippen molar-refractivity contribution in [3.8, 4) is 11.5 Å². The second kappa shape index (κ2) is 7.58. The smallest absolute Gasteiger partial charge is 0.254 e. The van der Waals surface area contributed by atoms with Gasteiger partial charge in [0.1, 0.15) is 0 Å². The molecule has 1 aliphatic rings. The monoisotopic (exact) mass is 373 g/mol. The highest BCUT2D eigenvalue weighted by Gasteiger charge is 2.29. The lowest BCUT2D eigenvalue weighted by Gasteiger charge is -2.26. The third-order valence-electron chi connectivity index (χ3n) is 4.72. The molecule has 5 heteroatoms. The van der Waals surface area contributed by atoms with E-state index in [9.17, 15) is 4.79 Å². The fourth-order valence-corrected chi connectivity index (χ4v) is 3.73. The van der Waals surface area contributed by atoms with Gasteiger partial charge in [-0.2, -0.15) is 0 Å². The van der Waals surface area contributed by atoms with Crippen molar-refractivity contribution in [3.63, 3.8) is 0 Å². The van der Waals surface area contributed by atoms with Crippen LogP contribution in [-0.2, 0) is 6.42 Å². The Bertz CT molecular complexity index is 819. The third-order valence-corrected chi connectivity index (χ3v) is 5.00. The summed E-state index contributed by atoms with van der Waals surface area (Å²) in [5.41, 5.74) is 3.03. The van der Waals surface area contributed by atoms with Gasteiger partial charge in [0.15, 0.2) is 11.5 Å². The summed E-state index contributed by atoms with van der Waals surface area (Å²) in [6.07, 6.45) is 1.88. The average Bonchev–Trinajstić information content (AvgIpc) is 3.05. The molecule has 3 rings (SSSR count). The Morgan fingerprint density at radius 3 is 2.69 bits per heavy atom. The van der Waals surface area contributed by atoms with Crippen molar-refractivity contribution in [2.75, 3.05) is 14.2 Å². The topological polar surface area (TPSA) is 38.8 Å². The van der Waals surface area contributed by atoms with Gasteiger partial charge in [-0.25, -0.2) is 0 Å². The van der Waals surface area contributed by atoms with Crippen molar-refractivity contribution in [2.45, 2.75) is 38.8 Å². The number of halogens is 1. The minimum atomic E-state index is -0.0806. The Morgan fingerprint density at radius 1 is 1.27 bits per heavy atom. The average molecular weight is 374 g/mol. The highest BCUT2D eigenvalue weighted by Crippen LogP contribution is 2.39. The maximum Gasteiger partial charge on any atom is 0.254 e. The SMILES string of the molecule is COc1cc(C(=O)N(C)C2CCc3ccccc32)cc(Cl)c1OC(C)C. The van der Waals surface area contributed by atoms with Gasteiger partial charge in [0.25, 0.3) is 5.91 Å². The molecule has 0 fully saturated rings. The lowest BCUT2D eigenvalue weighted by Crippen LogP contribution is -2.30. The summed E-state index contributed by atoms with van der Waals surface area (Å²) in [6, 6.07) is 11.7. The quantitative estimate of drug-likeness (QED) is 0.748. The maximum atomic E-state index is 13.1. The first kappa shape index (κ1) is 18.6. The molecule has 1 unspecified atom stereocenters. The maximum absolute atomic E-state index is 13.1. The zero-order chi connectivity index (χ0) is 18.8. The third kappa shape index (κ3) is 3.51. The van der Waals surface area contributed by atoms with Crippen LogP contribution in [0.4, 0.5) is 0 Å². The molecule has 0 aromatic heterocycles. The van der Waals surface area contributed by atoms with E-state index < -0.39 is 0 Å². The van der Waals surface area contributed by atoms with Crippen LogP contribution in [0.5, 0.6) is 11.5 Å². The standard InChI is InChI=1S/C21H24ClNO3/c1-13(2)26-20-17(22)11-15(12-19(20)25-4)21(24)23(3)18-10-9-14-7-5-6-8-16(14)18/h5-8,11-13,18H,9-10H2,1-4H3. The van der Waals surface area contributed by atoms with Crippen molar-refractivity contribution < 1.29 is 14.3 Å². The number of carbonyl (C=O) groups is 1. The van der Waals surface area contributed by atoms with Crippen molar-refractivity contribution in [2.24, 2.45) is 0 Å². The first-order chi connectivity index (χ1) is 12.4. The summed E-state index contributed by atoms with van der Waals surface area (Å²) < 4.78 is 11.1. The molecule has 0 saturated heterocycles. The van der Waals surface area contributed by atoms with Crippen LogP contribution in [0.1, 0.15) is 47.8 Å². The van der Waals surface area contributed by atoms with Gasteiger partial charge < -0.3 is 14.4 Å². The number of nitrogens with zero attached hydrogens (tertiary/aromatic N) is 1. The van der Waals surface area contributed by atoms with Gasteiger partial charge >= 0.3 is 0 Å². The Kier molecular flexibility index (Phi) is 5.42. The van der Waals surface area contributed by atoms with Gasteiger partial charge in [0.05, 0.1) is 24.3 Å². The number of hydrogen-bond donors (Lipinski definition) is 0. The lowest BCUT2D eigenvalue weighted by atomic mass is 10.1. The van der Waals surface area contributed by atoms with E-state index in [1.807, 2.05) is 33.0 Å². The summed E-state index contributed by atoms with van der Waals surface area (Å²) >= 11 is 6.37. The fourth-order valence-electron chi connectivity index (χ4n) is 3.48. The number of aryl methyl sites for hydroxylation is 1. The van der Waals surface area contributed by atoms with E-state index in [2.05, 4.69) is 12.1 Å². The largest absolute Gasteiger partial charge is 0.493 e. The van der Waals surface area contributed by atoms with Crippen LogP contribution in [-0.4, -0.2) is 31.1 Å². The fraction of sp³-hybridized carbons (Fsp3) is 0.381. The van der Waals surface area contributed by atoms with Crippen LogP contribution < -0.4 is 9.47 Å². The molecule has 0 heterocycles. The van der Waals surface area contributed by atoms with Gasteiger partial charge in [-0.05, 0) is 49.9 Å². The number of hydrogen-bond acceptors (Lipinski definition) is 3. The van der Waals surface area contributed by atoms with Crippen LogP contribution in [0.15, 0.2) is 36.4 Å². The molecule has 0 spiro atoms. The van der Waals surface area contributed by atoms with Gasteiger partial charge in [-0.1, -0.05) is 35.9 Å². The Balaban J connectivity index is 1.89. The number of fused-ring (bicyclic) bond motifs is 1. The molecule has 0 radical (unpaired) electrons. The van der Waals surface area contributed by atoms with Gasteiger partial charge in [-0.15, -0.1) is 0 Å². The van der Waals surface area contributed by atoms with Gasteiger partial charge in [0.2, 0.25) is 0 Å². The molecule has 1 aliphatic carbocycles. The van der Waals surface area contributed by atoms with E-state index in [4.69, 9.17) is 21.1 Å². The van der Waals surface area contributed by atoms with Crippen molar-refractivity contribution in [1.29, 1.82) is 0 Å². The number of methoxy groups -OCH3 is 1. The normalized spacial score (nSPS) is 15.7. The van der Waals surface area contributed by atoms with E-state index in [1.165, 1.54) is 11.1 Å². The minimum Gasteiger partial charge on any atom is -0.493 e. The second-order valence-corrected chi connectivity index (χ2v) is 7.23. The van der Waals surface area contributed by atoms with E-state index in [0.717, 1.165) is 12.8 Å². The molecule has 26 heavy (non-hydrogen) atoms. The summed E-state index contributed by atoms with van der Waals surface area (Å²) in [5.74, 6) is 0.854. The van der Waals surface area contributed by atoms with Crippen molar-refractivity contribution in [3.05, 3.63) is 58.1 Å². The second-order valence-electron chi connectivity index (χ2n) is 6.83. The molecule has 1 atom stereocenters. The van der Waals surface area contributed by atoms with E-state index >= 15 is 0 Å². The van der Waals surface area contributed by atoms with Gasteiger partial charge in [0, 0.05) is 12.6 Å². The summed E-state index contributed by atoms with van der Waals surface area (Å²) in [5, 5.41) is 0.377. The zero-order valence-corrected chi connectivity index (χ0v) is 16.3. The molecule has 1 amide bonds. The molecule has 4 nitrogen and oxygen atoms in total. The van der Waals surface area contributed by atoms with Crippen LogP contribution in [0.3, 0.4) is 0 Å².